The molecule has 0 spiro atoms. The number of likely N-dealkylation sites (tertiary alicyclic amines) is 1. The highest BCUT2D eigenvalue weighted by Crippen LogP contribution is 2.38. The molecule has 0 unspecified atom stereocenters. The van der Waals surface area contributed by atoms with Gasteiger partial charge in [0.25, 0.3) is 5.91 Å². The molecule has 1 atom stereocenters. The van der Waals surface area contributed by atoms with Gasteiger partial charge >= 0.3 is 0 Å². The van der Waals surface area contributed by atoms with Crippen LogP contribution in [-0.4, -0.2) is 45.9 Å². The zero-order valence-electron chi connectivity index (χ0n) is 14.0. The van der Waals surface area contributed by atoms with Crippen molar-refractivity contribution in [3.05, 3.63) is 52.9 Å². The van der Waals surface area contributed by atoms with Gasteiger partial charge in [0.1, 0.15) is 10.3 Å². The molecule has 0 radical (unpaired) electrons. The number of aromatic nitrogens is 3. The van der Waals surface area contributed by atoms with Gasteiger partial charge in [0.15, 0.2) is 0 Å². The number of thiophene rings is 1. The Labute approximate surface area is 149 Å². The zero-order chi connectivity index (χ0) is 17.2. The van der Waals surface area contributed by atoms with Gasteiger partial charge in [0, 0.05) is 56.4 Å². The Morgan fingerprint density at radius 3 is 3.04 bits per heavy atom. The van der Waals surface area contributed by atoms with Crippen LogP contribution in [0.3, 0.4) is 0 Å². The molecule has 1 N–H and O–H groups in total. The van der Waals surface area contributed by atoms with E-state index < -0.39 is 0 Å². The standard InChI is InChI=1S/C18H19N5OS/c1-19-17(24)16-14(15-18(25-16)22-7-6-21-15)13-4-8-23(11-13)10-12-3-2-5-20-9-12/h2-3,5-7,9,13H,4,8,10-11H2,1H3,(H,19,24)/t13-/m0/s1. The molecule has 1 aliphatic rings. The van der Waals surface area contributed by atoms with Crippen molar-refractivity contribution in [1.29, 1.82) is 0 Å². The molecule has 0 saturated carbocycles. The van der Waals surface area contributed by atoms with Crippen molar-refractivity contribution in [2.45, 2.75) is 18.9 Å². The molecule has 25 heavy (non-hydrogen) atoms. The molecule has 3 aromatic heterocycles. The van der Waals surface area contributed by atoms with E-state index in [4.69, 9.17) is 0 Å². The lowest BCUT2D eigenvalue weighted by Gasteiger charge is -2.16. The van der Waals surface area contributed by atoms with Crippen LogP contribution < -0.4 is 5.32 Å². The summed E-state index contributed by atoms with van der Waals surface area (Å²) in [6.45, 7) is 2.80. The predicted molar refractivity (Wildman–Crippen MR) is 97.7 cm³/mol. The molecule has 1 amide bonds. The van der Waals surface area contributed by atoms with Gasteiger partial charge in [0.2, 0.25) is 0 Å². The fraction of sp³-hybridized carbons (Fsp3) is 0.333. The number of amides is 1. The Kier molecular flexibility index (Phi) is 4.42. The van der Waals surface area contributed by atoms with E-state index in [0.717, 1.165) is 46.8 Å². The van der Waals surface area contributed by atoms with E-state index in [1.165, 1.54) is 16.9 Å². The molecular formula is C18H19N5OS. The molecule has 1 saturated heterocycles. The minimum absolute atomic E-state index is 0.0505. The quantitative estimate of drug-likeness (QED) is 0.780. The van der Waals surface area contributed by atoms with Gasteiger partial charge < -0.3 is 5.32 Å². The Morgan fingerprint density at radius 1 is 1.36 bits per heavy atom. The van der Waals surface area contributed by atoms with Crippen LogP contribution in [0.25, 0.3) is 10.3 Å². The normalized spacial score (nSPS) is 17.9. The second kappa shape index (κ2) is 6.85. The van der Waals surface area contributed by atoms with Crippen LogP contribution in [0, 0.1) is 0 Å². The third-order valence-corrected chi connectivity index (χ3v) is 5.71. The topological polar surface area (TPSA) is 71.0 Å². The van der Waals surface area contributed by atoms with Crippen LogP contribution in [0.5, 0.6) is 0 Å². The molecular weight excluding hydrogens is 334 g/mol. The van der Waals surface area contributed by atoms with Crippen molar-refractivity contribution < 1.29 is 4.79 Å². The maximum atomic E-state index is 12.4. The molecule has 3 aromatic rings. The smallest absolute Gasteiger partial charge is 0.261 e. The largest absolute Gasteiger partial charge is 0.354 e. The first-order valence-electron chi connectivity index (χ1n) is 8.33. The molecule has 1 aliphatic heterocycles. The number of hydrogen-bond donors (Lipinski definition) is 1. The second-order valence-corrected chi connectivity index (χ2v) is 7.22. The summed E-state index contributed by atoms with van der Waals surface area (Å²) in [5.74, 6) is 0.250. The van der Waals surface area contributed by atoms with Crippen LogP contribution in [0.2, 0.25) is 0 Å². The Morgan fingerprint density at radius 2 is 2.24 bits per heavy atom. The highest BCUT2D eigenvalue weighted by molar-refractivity contribution is 7.20. The minimum atomic E-state index is -0.0505. The monoisotopic (exact) mass is 353 g/mol. The molecule has 0 aromatic carbocycles. The number of nitrogens with zero attached hydrogens (tertiary/aromatic N) is 4. The van der Waals surface area contributed by atoms with E-state index in [0.29, 0.717) is 5.92 Å². The summed E-state index contributed by atoms with van der Waals surface area (Å²) in [5, 5.41) is 2.75. The van der Waals surface area contributed by atoms with Crippen LogP contribution in [0.1, 0.15) is 33.1 Å². The Balaban J connectivity index is 1.62. The van der Waals surface area contributed by atoms with Gasteiger partial charge in [0.05, 0.1) is 4.88 Å². The third kappa shape index (κ3) is 3.12. The Hall–Kier alpha value is -2.38. The minimum Gasteiger partial charge on any atom is -0.354 e. The zero-order valence-corrected chi connectivity index (χ0v) is 14.8. The maximum Gasteiger partial charge on any atom is 0.261 e. The second-order valence-electron chi connectivity index (χ2n) is 6.22. The van der Waals surface area contributed by atoms with Gasteiger partial charge in [-0.05, 0) is 24.6 Å². The number of rotatable bonds is 4. The van der Waals surface area contributed by atoms with E-state index in [-0.39, 0.29) is 5.91 Å². The maximum absolute atomic E-state index is 12.4. The number of nitrogens with one attached hydrogen (secondary N) is 1. The first-order valence-corrected chi connectivity index (χ1v) is 9.14. The summed E-state index contributed by atoms with van der Waals surface area (Å²) < 4.78 is 0. The van der Waals surface area contributed by atoms with E-state index in [1.54, 1.807) is 25.6 Å². The van der Waals surface area contributed by atoms with Crippen LogP contribution >= 0.6 is 11.3 Å². The molecule has 128 valence electrons. The molecule has 0 bridgehead atoms. The summed E-state index contributed by atoms with van der Waals surface area (Å²) in [6, 6.07) is 4.07. The SMILES string of the molecule is CNC(=O)c1sc2nccnc2c1[C@H]1CCN(Cc2cccnc2)C1. The number of pyridine rings is 1. The lowest BCUT2D eigenvalue weighted by Crippen LogP contribution is -2.21. The van der Waals surface area contributed by atoms with Gasteiger partial charge in [-0.2, -0.15) is 0 Å². The number of hydrogen-bond acceptors (Lipinski definition) is 6. The fourth-order valence-corrected chi connectivity index (χ4v) is 4.60. The average molecular weight is 353 g/mol. The summed E-state index contributed by atoms with van der Waals surface area (Å²) in [5.41, 5.74) is 3.14. The van der Waals surface area contributed by atoms with E-state index in [9.17, 15) is 4.79 Å². The molecule has 4 heterocycles. The molecule has 0 aliphatic carbocycles. The predicted octanol–water partition coefficient (Wildman–Crippen LogP) is 2.44. The third-order valence-electron chi connectivity index (χ3n) is 4.61. The lowest BCUT2D eigenvalue weighted by atomic mass is 9.97. The lowest BCUT2D eigenvalue weighted by molar-refractivity contribution is 0.0966. The summed E-state index contributed by atoms with van der Waals surface area (Å²) >= 11 is 1.43. The molecule has 1 fully saturated rings. The summed E-state index contributed by atoms with van der Waals surface area (Å²) in [7, 11) is 1.67. The van der Waals surface area contributed by atoms with Gasteiger partial charge in [-0.15, -0.1) is 11.3 Å². The van der Waals surface area contributed by atoms with Crippen LogP contribution in [0.15, 0.2) is 36.9 Å². The number of fused-ring (bicyclic) bond motifs is 1. The summed E-state index contributed by atoms with van der Waals surface area (Å²) in [4.78, 5) is 29.4. The first-order chi connectivity index (χ1) is 12.3. The van der Waals surface area contributed by atoms with Crippen molar-refractivity contribution in [2.75, 3.05) is 20.1 Å². The highest BCUT2D eigenvalue weighted by Gasteiger charge is 2.31. The van der Waals surface area contributed by atoms with Crippen molar-refractivity contribution in [1.82, 2.24) is 25.2 Å². The van der Waals surface area contributed by atoms with Crippen molar-refractivity contribution in [3.63, 3.8) is 0 Å². The van der Waals surface area contributed by atoms with Crippen molar-refractivity contribution in [2.24, 2.45) is 0 Å². The van der Waals surface area contributed by atoms with Crippen LogP contribution in [0.4, 0.5) is 0 Å². The van der Waals surface area contributed by atoms with Crippen molar-refractivity contribution >= 4 is 27.6 Å². The van der Waals surface area contributed by atoms with E-state index in [1.807, 2.05) is 12.3 Å². The Bertz CT molecular complexity index is 895. The molecule has 7 heteroatoms. The van der Waals surface area contributed by atoms with Crippen LogP contribution in [-0.2, 0) is 6.54 Å². The van der Waals surface area contributed by atoms with Gasteiger partial charge in [-0.1, -0.05) is 6.07 Å². The molecule has 6 nitrogen and oxygen atoms in total. The van der Waals surface area contributed by atoms with E-state index >= 15 is 0 Å². The average Bonchev–Trinajstić information content (AvgIpc) is 3.26. The molecule has 4 rings (SSSR count). The van der Waals surface area contributed by atoms with Crippen molar-refractivity contribution in [3.8, 4) is 0 Å². The highest BCUT2D eigenvalue weighted by atomic mass is 32.1. The summed E-state index contributed by atoms with van der Waals surface area (Å²) in [6.07, 6.45) is 8.11. The fourth-order valence-electron chi connectivity index (χ4n) is 3.47. The van der Waals surface area contributed by atoms with E-state index in [2.05, 4.69) is 31.2 Å². The first kappa shape index (κ1) is 16.1. The van der Waals surface area contributed by atoms with Gasteiger partial charge in [-0.25, -0.2) is 4.98 Å². The number of carbonyl (C=O) groups is 1. The van der Waals surface area contributed by atoms with Gasteiger partial charge in [-0.3, -0.25) is 19.7 Å². The number of carbonyl (C=O) groups excluding carboxylic acids is 1.